The molecule has 1 aliphatic rings. The maximum atomic E-state index is 11.2. The third-order valence-corrected chi connectivity index (χ3v) is 4.54. The lowest BCUT2D eigenvalue weighted by molar-refractivity contribution is 0.0644. The standard InChI is InChI=1S/C9H18O4S/c1-6(2)8(10)3-7-4-14(12,13)5-9(7)11/h6-11H,3-5H2,1-2H3. The summed E-state index contributed by atoms with van der Waals surface area (Å²) >= 11 is 0. The highest BCUT2D eigenvalue weighted by Crippen LogP contribution is 2.25. The van der Waals surface area contributed by atoms with Crippen LogP contribution < -0.4 is 0 Å². The van der Waals surface area contributed by atoms with E-state index in [0.29, 0.717) is 6.42 Å². The maximum absolute atomic E-state index is 11.2. The van der Waals surface area contributed by atoms with Crippen molar-refractivity contribution < 1.29 is 18.6 Å². The lowest BCUT2D eigenvalue weighted by atomic mass is 9.93. The van der Waals surface area contributed by atoms with Crippen LogP contribution >= 0.6 is 0 Å². The first-order valence-corrected chi connectivity index (χ1v) is 6.70. The van der Waals surface area contributed by atoms with Gasteiger partial charge in [-0.25, -0.2) is 8.42 Å². The second kappa shape index (κ2) is 4.16. The Kier molecular flexibility index (Phi) is 3.55. The molecule has 0 saturated carbocycles. The van der Waals surface area contributed by atoms with Crippen molar-refractivity contribution in [1.29, 1.82) is 0 Å². The van der Waals surface area contributed by atoms with E-state index in [9.17, 15) is 18.6 Å². The number of aliphatic hydroxyl groups is 2. The van der Waals surface area contributed by atoms with E-state index in [1.165, 1.54) is 0 Å². The highest BCUT2D eigenvalue weighted by Gasteiger charge is 2.37. The van der Waals surface area contributed by atoms with Gasteiger partial charge in [-0.1, -0.05) is 13.8 Å². The van der Waals surface area contributed by atoms with Crippen molar-refractivity contribution in [2.45, 2.75) is 32.5 Å². The third kappa shape index (κ3) is 2.93. The normalized spacial score (nSPS) is 33.5. The van der Waals surface area contributed by atoms with Gasteiger partial charge in [0.1, 0.15) is 0 Å². The molecule has 3 unspecified atom stereocenters. The Hall–Kier alpha value is -0.130. The molecule has 0 radical (unpaired) electrons. The molecule has 4 nitrogen and oxygen atoms in total. The summed E-state index contributed by atoms with van der Waals surface area (Å²) in [6.45, 7) is 3.75. The predicted molar refractivity (Wildman–Crippen MR) is 53.6 cm³/mol. The van der Waals surface area contributed by atoms with E-state index in [1.54, 1.807) is 0 Å². The van der Waals surface area contributed by atoms with Crippen LogP contribution in [-0.4, -0.2) is 42.3 Å². The van der Waals surface area contributed by atoms with Crippen LogP contribution in [0.2, 0.25) is 0 Å². The molecule has 2 N–H and O–H groups in total. The van der Waals surface area contributed by atoms with Gasteiger partial charge < -0.3 is 10.2 Å². The van der Waals surface area contributed by atoms with Gasteiger partial charge >= 0.3 is 0 Å². The Morgan fingerprint density at radius 2 is 1.93 bits per heavy atom. The summed E-state index contributed by atoms with van der Waals surface area (Å²) in [6, 6.07) is 0. The van der Waals surface area contributed by atoms with Gasteiger partial charge in [-0.05, 0) is 12.3 Å². The fourth-order valence-corrected chi connectivity index (χ4v) is 3.65. The van der Waals surface area contributed by atoms with Crippen LogP contribution in [-0.2, 0) is 9.84 Å². The van der Waals surface area contributed by atoms with Crippen LogP contribution in [0, 0.1) is 11.8 Å². The van der Waals surface area contributed by atoms with E-state index in [-0.39, 0.29) is 23.3 Å². The summed E-state index contributed by atoms with van der Waals surface area (Å²) in [6.07, 6.45) is -0.950. The minimum Gasteiger partial charge on any atom is -0.393 e. The Morgan fingerprint density at radius 3 is 2.29 bits per heavy atom. The lowest BCUT2D eigenvalue weighted by Crippen LogP contribution is -2.26. The molecular weight excluding hydrogens is 204 g/mol. The number of hydrogen-bond acceptors (Lipinski definition) is 4. The van der Waals surface area contributed by atoms with E-state index in [0.717, 1.165) is 0 Å². The Bertz CT molecular complexity index is 283. The smallest absolute Gasteiger partial charge is 0.153 e. The summed E-state index contributed by atoms with van der Waals surface area (Å²) in [5, 5.41) is 19.0. The van der Waals surface area contributed by atoms with Crippen molar-refractivity contribution in [3.8, 4) is 0 Å². The van der Waals surface area contributed by atoms with Crippen molar-refractivity contribution in [3.63, 3.8) is 0 Å². The molecule has 0 aromatic rings. The zero-order chi connectivity index (χ0) is 10.9. The minimum atomic E-state index is -3.08. The first-order valence-electron chi connectivity index (χ1n) is 4.88. The second-order valence-electron chi connectivity index (χ2n) is 4.45. The summed E-state index contributed by atoms with van der Waals surface area (Å²) in [7, 11) is -3.08. The van der Waals surface area contributed by atoms with Crippen LogP contribution in [0.25, 0.3) is 0 Å². The topological polar surface area (TPSA) is 74.6 Å². The van der Waals surface area contributed by atoms with E-state index < -0.39 is 22.0 Å². The molecule has 3 atom stereocenters. The van der Waals surface area contributed by atoms with Crippen molar-refractivity contribution in [3.05, 3.63) is 0 Å². The summed E-state index contributed by atoms with van der Waals surface area (Å²) in [4.78, 5) is 0. The molecule has 1 heterocycles. The van der Waals surface area contributed by atoms with Gasteiger partial charge in [0, 0.05) is 5.92 Å². The molecule has 5 heteroatoms. The van der Waals surface area contributed by atoms with Gasteiger partial charge in [-0.3, -0.25) is 0 Å². The first kappa shape index (κ1) is 11.9. The first-order chi connectivity index (χ1) is 6.32. The van der Waals surface area contributed by atoms with E-state index in [4.69, 9.17) is 0 Å². The average Bonchev–Trinajstić information content (AvgIpc) is 2.24. The van der Waals surface area contributed by atoms with E-state index in [1.807, 2.05) is 13.8 Å². The fraction of sp³-hybridized carbons (Fsp3) is 1.00. The maximum Gasteiger partial charge on any atom is 0.153 e. The van der Waals surface area contributed by atoms with E-state index in [2.05, 4.69) is 0 Å². The van der Waals surface area contributed by atoms with Crippen LogP contribution in [0.5, 0.6) is 0 Å². The zero-order valence-electron chi connectivity index (χ0n) is 8.55. The molecular formula is C9H18O4S. The van der Waals surface area contributed by atoms with Gasteiger partial charge in [0.05, 0.1) is 23.7 Å². The Labute approximate surface area is 84.9 Å². The predicted octanol–water partition coefficient (Wildman–Crippen LogP) is -0.201. The van der Waals surface area contributed by atoms with Crippen molar-refractivity contribution >= 4 is 9.84 Å². The highest BCUT2D eigenvalue weighted by molar-refractivity contribution is 7.91. The summed E-state index contributed by atoms with van der Waals surface area (Å²) < 4.78 is 22.3. The van der Waals surface area contributed by atoms with Crippen LogP contribution in [0.4, 0.5) is 0 Å². The molecule has 1 saturated heterocycles. The third-order valence-electron chi connectivity index (χ3n) is 2.75. The van der Waals surface area contributed by atoms with Crippen LogP contribution in [0.15, 0.2) is 0 Å². The lowest BCUT2D eigenvalue weighted by Gasteiger charge is -2.19. The highest BCUT2D eigenvalue weighted by atomic mass is 32.2. The molecule has 0 spiro atoms. The number of hydrogen-bond donors (Lipinski definition) is 2. The molecule has 0 aromatic heterocycles. The van der Waals surface area contributed by atoms with Crippen molar-refractivity contribution in [1.82, 2.24) is 0 Å². The number of aliphatic hydroxyl groups excluding tert-OH is 2. The molecule has 0 aliphatic carbocycles. The fourth-order valence-electron chi connectivity index (χ4n) is 1.71. The number of rotatable bonds is 3. The largest absolute Gasteiger partial charge is 0.393 e. The molecule has 0 amide bonds. The Balaban J connectivity index is 2.55. The van der Waals surface area contributed by atoms with Gasteiger partial charge in [0.25, 0.3) is 0 Å². The molecule has 0 aromatic carbocycles. The summed E-state index contributed by atoms with van der Waals surface area (Å²) in [5.74, 6) is -0.330. The van der Waals surface area contributed by atoms with Crippen molar-refractivity contribution in [2.75, 3.05) is 11.5 Å². The molecule has 0 bridgehead atoms. The quantitative estimate of drug-likeness (QED) is 0.693. The average molecular weight is 222 g/mol. The molecule has 84 valence electrons. The second-order valence-corrected chi connectivity index (χ2v) is 6.61. The van der Waals surface area contributed by atoms with Gasteiger partial charge in [-0.2, -0.15) is 0 Å². The van der Waals surface area contributed by atoms with Gasteiger partial charge in [-0.15, -0.1) is 0 Å². The minimum absolute atomic E-state index is 0.0119. The monoisotopic (exact) mass is 222 g/mol. The zero-order valence-corrected chi connectivity index (χ0v) is 9.37. The SMILES string of the molecule is CC(C)C(O)CC1CS(=O)(=O)CC1O. The van der Waals surface area contributed by atoms with Crippen molar-refractivity contribution in [2.24, 2.45) is 11.8 Å². The van der Waals surface area contributed by atoms with Crippen LogP contribution in [0.3, 0.4) is 0 Å². The van der Waals surface area contributed by atoms with Crippen LogP contribution in [0.1, 0.15) is 20.3 Å². The molecule has 14 heavy (non-hydrogen) atoms. The molecule has 1 rings (SSSR count). The molecule has 1 aliphatic heterocycles. The number of sulfone groups is 1. The van der Waals surface area contributed by atoms with Gasteiger partial charge in [0.15, 0.2) is 9.84 Å². The van der Waals surface area contributed by atoms with Gasteiger partial charge in [0.2, 0.25) is 0 Å². The Morgan fingerprint density at radius 1 is 1.36 bits per heavy atom. The summed E-state index contributed by atoms with van der Waals surface area (Å²) in [5.41, 5.74) is 0. The molecule has 1 fully saturated rings. The van der Waals surface area contributed by atoms with E-state index >= 15 is 0 Å².